The monoisotopic (exact) mass is 800 g/mol. The van der Waals surface area contributed by atoms with Crippen LogP contribution in [0, 0.1) is 45.9 Å². The lowest BCUT2D eigenvalue weighted by Crippen LogP contribution is -2.15. The topological polar surface area (TPSA) is 120 Å². The molecule has 4 heterocycles. The molecule has 0 saturated heterocycles. The van der Waals surface area contributed by atoms with E-state index in [9.17, 15) is 5.26 Å². The molecule has 290 valence electrons. The van der Waals surface area contributed by atoms with Crippen molar-refractivity contribution in [2.75, 3.05) is 10.2 Å². The molecule has 0 spiro atoms. The van der Waals surface area contributed by atoms with E-state index < -0.39 is 5.41 Å². The molecule has 12 heteroatoms. The summed E-state index contributed by atoms with van der Waals surface area (Å²) in [6, 6.07) is 31.3. The van der Waals surface area contributed by atoms with Crippen LogP contribution in [0.4, 0.5) is 39.6 Å². The highest BCUT2D eigenvalue weighted by Gasteiger charge is 2.30. The lowest BCUT2D eigenvalue weighted by atomic mass is 9.90. The Balaban J connectivity index is 1.36. The summed E-state index contributed by atoms with van der Waals surface area (Å²) in [6.07, 6.45) is 0.821. The molecule has 1 N–H and O–H groups in total. The summed E-state index contributed by atoms with van der Waals surface area (Å²) in [5.41, 5.74) is 11.3. The predicted octanol–water partition coefficient (Wildman–Crippen LogP) is 13.4. The molecule has 0 aliphatic heterocycles. The van der Waals surface area contributed by atoms with Crippen LogP contribution in [0.2, 0.25) is 0 Å². The fraction of sp³-hybridized carbons (Fsp3) is 0.239. The molecular weight excluding hydrogens is 757 g/mol. The van der Waals surface area contributed by atoms with Crippen molar-refractivity contribution in [1.29, 1.82) is 5.26 Å². The van der Waals surface area contributed by atoms with Crippen molar-refractivity contribution in [3.8, 4) is 11.2 Å². The Morgan fingerprint density at radius 1 is 0.776 bits per heavy atom. The molecule has 0 saturated carbocycles. The number of nitriles is 1. The average molecular weight is 801 g/mol. The number of rotatable bonds is 9. The molecule has 0 aliphatic rings. The van der Waals surface area contributed by atoms with Gasteiger partial charge < -0.3 is 5.32 Å². The zero-order valence-corrected chi connectivity index (χ0v) is 35.8. The number of hydrogen-bond donors (Lipinski definition) is 1. The highest BCUT2D eigenvalue weighted by atomic mass is 32.1. The number of aryl methyl sites for hydroxylation is 6. The Bertz CT molecular complexity index is 2850. The first-order valence-corrected chi connectivity index (χ1v) is 20.9. The van der Waals surface area contributed by atoms with E-state index in [1.54, 1.807) is 16.0 Å². The van der Waals surface area contributed by atoms with Gasteiger partial charge in [0.1, 0.15) is 23.1 Å². The maximum Gasteiger partial charge on any atom is 0.213 e. The van der Waals surface area contributed by atoms with E-state index in [4.69, 9.17) is 30.3 Å². The van der Waals surface area contributed by atoms with Crippen molar-refractivity contribution < 1.29 is 0 Å². The number of nitrogens with zero attached hydrogens (tertiary/aromatic N) is 9. The van der Waals surface area contributed by atoms with Crippen molar-refractivity contribution in [1.82, 2.24) is 24.7 Å². The molecule has 0 bridgehead atoms. The second-order valence-corrected chi connectivity index (χ2v) is 17.6. The van der Waals surface area contributed by atoms with Crippen LogP contribution >= 0.6 is 22.7 Å². The van der Waals surface area contributed by atoms with Crippen LogP contribution in [0.3, 0.4) is 0 Å². The van der Waals surface area contributed by atoms with Crippen molar-refractivity contribution in [3.05, 3.63) is 130 Å². The van der Waals surface area contributed by atoms with Gasteiger partial charge in [-0.15, -0.1) is 10.2 Å². The van der Waals surface area contributed by atoms with E-state index in [-0.39, 0.29) is 0 Å². The van der Waals surface area contributed by atoms with E-state index in [1.165, 1.54) is 16.9 Å². The Hall–Kier alpha value is -6.29. The maximum atomic E-state index is 10.6. The SMILES string of the molecule is CCc1cccc(C)c1Nc1nc(N(c2nc3ccccc3s2)c2c(C)cc(C)cc2C)cc(C)c1N=Nc1c(C#N)c(C(C)(C)C)nn1-c1nc2ccccc2s1. The summed E-state index contributed by atoms with van der Waals surface area (Å²) < 4.78 is 3.76. The molecule has 0 amide bonds. The molecule has 0 aliphatic carbocycles. The summed E-state index contributed by atoms with van der Waals surface area (Å²) >= 11 is 3.12. The van der Waals surface area contributed by atoms with Crippen molar-refractivity contribution >= 4 is 82.8 Å². The molecule has 8 aromatic rings. The quantitative estimate of drug-likeness (QED) is 0.144. The summed E-state index contributed by atoms with van der Waals surface area (Å²) in [6.45, 7) is 18.8. The minimum Gasteiger partial charge on any atom is -0.338 e. The summed E-state index contributed by atoms with van der Waals surface area (Å²) in [5.74, 6) is 1.52. The average Bonchev–Trinajstić information content (AvgIpc) is 3.91. The second-order valence-electron chi connectivity index (χ2n) is 15.6. The first-order chi connectivity index (χ1) is 27.8. The number of benzene rings is 4. The normalized spacial score (nSPS) is 11.9. The van der Waals surface area contributed by atoms with E-state index in [2.05, 4.69) is 87.3 Å². The van der Waals surface area contributed by atoms with Gasteiger partial charge in [-0.25, -0.2) is 15.0 Å². The number of thiazole rings is 2. The molecule has 0 atom stereocenters. The number of azo groups is 1. The Kier molecular flexibility index (Phi) is 10.1. The number of nitrogens with one attached hydrogen (secondary N) is 1. The first kappa shape index (κ1) is 38.6. The lowest BCUT2D eigenvalue weighted by Gasteiger charge is -2.27. The highest BCUT2D eigenvalue weighted by Crippen LogP contribution is 2.45. The molecule has 0 radical (unpaired) electrons. The number of pyridine rings is 1. The lowest BCUT2D eigenvalue weighted by molar-refractivity contribution is 0.559. The predicted molar refractivity (Wildman–Crippen MR) is 239 cm³/mol. The molecule has 58 heavy (non-hydrogen) atoms. The Morgan fingerprint density at radius 3 is 2.09 bits per heavy atom. The van der Waals surface area contributed by atoms with E-state index in [0.29, 0.717) is 39.5 Å². The third kappa shape index (κ3) is 7.12. The van der Waals surface area contributed by atoms with Crippen molar-refractivity contribution in [3.63, 3.8) is 0 Å². The molecule has 8 rings (SSSR count). The molecular formula is C46H44N10S2. The minimum atomic E-state index is -0.444. The standard InChI is InChI=1S/C46H44N10S2/c1-10-31-17-15-16-27(3)38(31)51-42-39(52-53-43-32(25-47)41(46(7,8)9)54-56(43)45-49-34-19-12-14-21-36(34)58-45)28(4)24-37(50-42)55(40-29(5)22-26(2)23-30(40)6)44-48-33-18-11-13-20-35(33)57-44/h11-24H,10H2,1-9H3,(H,50,51). The number of hydrogen-bond acceptors (Lipinski definition) is 11. The zero-order chi connectivity index (χ0) is 40.9. The van der Waals surface area contributed by atoms with Crippen molar-refractivity contribution in [2.24, 2.45) is 10.2 Å². The molecule has 10 nitrogen and oxygen atoms in total. The minimum absolute atomic E-state index is 0.313. The van der Waals surface area contributed by atoms with Gasteiger partial charge in [-0.2, -0.15) is 15.0 Å². The van der Waals surface area contributed by atoms with Gasteiger partial charge in [0.15, 0.2) is 16.8 Å². The van der Waals surface area contributed by atoms with Gasteiger partial charge in [0.05, 0.1) is 31.8 Å². The van der Waals surface area contributed by atoms with Gasteiger partial charge in [0.25, 0.3) is 0 Å². The first-order valence-electron chi connectivity index (χ1n) is 19.3. The van der Waals surface area contributed by atoms with Gasteiger partial charge in [-0.05, 0) is 99.2 Å². The summed E-state index contributed by atoms with van der Waals surface area (Å²) in [4.78, 5) is 17.6. The maximum absolute atomic E-state index is 10.6. The van der Waals surface area contributed by atoms with E-state index in [0.717, 1.165) is 71.2 Å². The summed E-state index contributed by atoms with van der Waals surface area (Å²) in [5, 5.41) is 30.6. The molecule has 0 fully saturated rings. The van der Waals surface area contributed by atoms with E-state index in [1.807, 2.05) is 76.2 Å². The molecule has 4 aromatic carbocycles. The van der Waals surface area contributed by atoms with E-state index >= 15 is 0 Å². The zero-order valence-electron chi connectivity index (χ0n) is 34.1. The fourth-order valence-electron chi connectivity index (χ4n) is 7.40. The number of para-hydroxylation sites is 3. The third-order valence-corrected chi connectivity index (χ3v) is 12.1. The third-order valence-electron chi connectivity index (χ3n) is 10.1. The van der Waals surface area contributed by atoms with Gasteiger partial charge in [0.2, 0.25) is 5.13 Å². The Labute approximate surface area is 346 Å². The Morgan fingerprint density at radius 2 is 1.45 bits per heavy atom. The van der Waals surface area contributed by atoms with Crippen LogP contribution in [-0.2, 0) is 11.8 Å². The van der Waals surface area contributed by atoms with Gasteiger partial charge in [-0.3, -0.25) is 4.90 Å². The molecule has 4 aromatic heterocycles. The highest BCUT2D eigenvalue weighted by molar-refractivity contribution is 7.22. The van der Waals surface area contributed by atoms with Crippen LogP contribution in [0.15, 0.2) is 95.2 Å². The van der Waals surface area contributed by atoms with Crippen LogP contribution in [0.5, 0.6) is 0 Å². The molecule has 0 unspecified atom stereocenters. The largest absolute Gasteiger partial charge is 0.338 e. The fourth-order valence-corrected chi connectivity index (χ4v) is 9.30. The van der Waals surface area contributed by atoms with Crippen LogP contribution in [0.1, 0.15) is 72.3 Å². The van der Waals surface area contributed by atoms with Crippen LogP contribution < -0.4 is 10.2 Å². The number of aromatic nitrogens is 5. The van der Waals surface area contributed by atoms with Gasteiger partial charge in [-0.1, -0.05) is 111 Å². The smallest absolute Gasteiger partial charge is 0.213 e. The second kappa shape index (κ2) is 15.2. The van der Waals surface area contributed by atoms with Crippen LogP contribution in [-0.4, -0.2) is 24.7 Å². The van der Waals surface area contributed by atoms with Crippen LogP contribution in [0.25, 0.3) is 25.6 Å². The van der Waals surface area contributed by atoms with Gasteiger partial charge in [0, 0.05) is 11.1 Å². The van der Waals surface area contributed by atoms with Crippen molar-refractivity contribution in [2.45, 2.75) is 74.1 Å². The summed E-state index contributed by atoms with van der Waals surface area (Å²) in [7, 11) is 0. The number of anilines is 5. The van der Waals surface area contributed by atoms with Gasteiger partial charge >= 0.3 is 0 Å². The number of fused-ring (bicyclic) bond motifs is 2.